The first-order valence-corrected chi connectivity index (χ1v) is 6.67. The monoisotopic (exact) mass is 298 g/mol. The number of ether oxygens (including phenoxy) is 2. The van der Waals surface area contributed by atoms with Crippen LogP contribution in [0.4, 0.5) is 0 Å². The standard InChI is InChI=1S/C14H18N2O3.ClH/c15-7-10-2-1-5-16(8-10)14(17)11-3-4-12-13(6-11)19-9-18-12;/h3-4,6,10H,1-2,5,7-9,15H2;1H. The van der Waals surface area contributed by atoms with Crippen LogP contribution in [0.25, 0.3) is 0 Å². The maximum atomic E-state index is 12.4. The van der Waals surface area contributed by atoms with E-state index in [9.17, 15) is 4.79 Å². The van der Waals surface area contributed by atoms with Crippen LogP contribution >= 0.6 is 12.4 Å². The van der Waals surface area contributed by atoms with E-state index in [-0.39, 0.29) is 25.1 Å². The smallest absolute Gasteiger partial charge is 0.254 e. The summed E-state index contributed by atoms with van der Waals surface area (Å²) in [5.41, 5.74) is 6.36. The molecule has 2 aliphatic heterocycles. The van der Waals surface area contributed by atoms with Gasteiger partial charge in [0.15, 0.2) is 11.5 Å². The van der Waals surface area contributed by atoms with E-state index in [1.165, 1.54) is 0 Å². The van der Waals surface area contributed by atoms with Crippen LogP contribution in [-0.4, -0.2) is 37.2 Å². The lowest BCUT2D eigenvalue weighted by molar-refractivity contribution is 0.0678. The minimum atomic E-state index is 0. The molecule has 110 valence electrons. The molecule has 0 aromatic heterocycles. The third-order valence-corrected chi connectivity index (χ3v) is 3.76. The van der Waals surface area contributed by atoms with E-state index < -0.39 is 0 Å². The Morgan fingerprint density at radius 3 is 2.95 bits per heavy atom. The second-order valence-corrected chi connectivity index (χ2v) is 5.06. The summed E-state index contributed by atoms with van der Waals surface area (Å²) in [4.78, 5) is 14.3. The molecule has 1 aromatic rings. The Labute approximate surface area is 124 Å². The van der Waals surface area contributed by atoms with E-state index in [1.54, 1.807) is 18.2 Å². The molecule has 20 heavy (non-hydrogen) atoms. The number of carbonyl (C=O) groups excluding carboxylic acids is 1. The number of fused-ring (bicyclic) bond motifs is 1. The predicted molar refractivity (Wildman–Crippen MR) is 77.5 cm³/mol. The first-order chi connectivity index (χ1) is 9.28. The van der Waals surface area contributed by atoms with Crippen LogP contribution in [0.15, 0.2) is 18.2 Å². The molecule has 5 nitrogen and oxygen atoms in total. The van der Waals surface area contributed by atoms with Gasteiger partial charge in [0.2, 0.25) is 6.79 Å². The molecule has 0 saturated carbocycles. The molecule has 1 aromatic carbocycles. The molecule has 2 aliphatic rings. The average Bonchev–Trinajstić information content (AvgIpc) is 2.94. The van der Waals surface area contributed by atoms with Gasteiger partial charge in [-0.05, 0) is 43.5 Å². The van der Waals surface area contributed by atoms with Gasteiger partial charge >= 0.3 is 0 Å². The lowest BCUT2D eigenvalue weighted by Crippen LogP contribution is -2.42. The van der Waals surface area contributed by atoms with E-state index in [1.807, 2.05) is 4.90 Å². The summed E-state index contributed by atoms with van der Waals surface area (Å²) in [5.74, 6) is 1.83. The molecule has 0 bridgehead atoms. The first kappa shape index (κ1) is 14.9. The molecule has 1 fully saturated rings. The molecular formula is C14H19ClN2O3. The zero-order chi connectivity index (χ0) is 13.2. The van der Waals surface area contributed by atoms with Crippen molar-refractivity contribution in [2.45, 2.75) is 12.8 Å². The van der Waals surface area contributed by atoms with Gasteiger partial charge in [-0.1, -0.05) is 0 Å². The average molecular weight is 299 g/mol. The maximum Gasteiger partial charge on any atom is 0.254 e. The Bertz CT molecular complexity index is 495. The normalized spacial score (nSPS) is 20.4. The maximum absolute atomic E-state index is 12.4. The quantitative estimate of drug-likeness (QED) is 0.901. The summed E-state index contributed by atoms with van der Waals surface area (Å²) in [7, 11) is 0. The largest absolute Gasteiger partial charge is 0.454 e. The lowest BCUT2D eigenvalue weighted by Gasteiger charge is -2.32. The number of hydrogen-bond acceptors (Lipinski definition) is 4. The molecule has 3 rings (SSSR count). The number of amides is 1. The van der Waals surface area contributed by atoms with Crippen molar-refractivity contribution >= 4 is 18.3 Å². The summed E-state index contributed by atoms with van der Waals surface area (Å²) < 4.78 is 10.6. The zero-order valence-electron chi connectivity index (χ0n) is 11.2. The van der Waals surface area contributed by atoms with Crippen LogP contribution in [-0.2, 0) is 0 Å². The van der Waals surface area contributed by atoms with Crippen molar-refractivity contribution in [3.8, 4) is 11.5 Å². The van der Waals surface area contributed by atoms with Gasteiger partial charge in [0.05, 0.1) is 0 Å². The lowest BCUT2D eigenvalue weighted by atomic mass is 9.97. The van der Waals surface area contributed by atoms with E-state index in [4.69, 9.17) is 15.2 Å². The molecule has 2 heterocycles. The highest BCUT2D eigenvalue weighted by Gasteiger charge is 2.25. The fraction of sp³-hybridized carbons (Fsp3) is 0.500. The molecule has 1 unspecified atom stereocenters. The second kappa shape index (κ2) is 6.33. The molecule has 1 saturated heterocycles. The molecule has 6 heteroatoms. The number of benzene rings is 1. The van der Waals surface area contributed by atoms with Gasteiger partial charge in [-0.25, -0.2) is 0 Å². The van der Waals surface area contributed by atoms with Crippen LogP contribution in [0.1, 0.15) is 23.2 Å². The Morgan fingerprint density at radius 2 is 2.15 bits per heavy atom. The number of nitrogens with zero attached hydrogens (tertiary/aromatic N) is 1. The predicted octanol–water partition coefficient (Wildman–Crippen LogP) is 1.65. The Hall–Kier alpha value is -1.46. The highest BCUT2D eigenvalue weighted by Crippen LogP contribution is 2.33. The fourth-order valence-electron chi connectivity index (χ4n) is 2.65. The summed E-state index contributed by atoms with van der Waals surface area (Å²) in [6, 6.07) is 5.35. The topological polar surface area (TPSA) is 64.8 Å². The Morgan fingerprint density at radius 1 is 1.35 bits per heavy atom. The zero-order valence-corrected chi connectivity index (χ0v) is 12.0. The number of carbonyl (C=O) groups is 1. The summed E-state index contributed by atoms with van der Waals surface area (Å²) >= 11 is 0. The Balaban J connectivity index is 0.00000147. The number of piperidine rings is 1. The number of hydrogen-bond donors (Lipinski definition) is 1. The first-order valence-electron chi connectivity index (χ1n) is 6.67. The summed E-state index contributed by atoms with van der Waals surface area (Å²) in [6.45, 7) is 2.43. The van der Waals surface area contributed by atoms with Crippen molar-refractivity contribution < 1.29 is 14.3 Å². The summed E-state index contributed by atoms with van der Waals surface area (Å²) in [6.07, 6.45) is 2.14. The number of likely N-dealkylation sites (tertiary alicyclic amines) is 1. The molecule has 1 amide bonds. The second-order valence-electron chi connectivity index (χ2n) is 5.06. The van der Waals surface area contributed by atoms with Gasteiger partial charge in [-0.3, -0.25) is 4.79 Å². The van der Waals surface area contributed by atoms with E-state index in [2.05, 4.69) is 0 Å². The van der Waals surface area contributed by atoms with E-state index in [0.717, 1.165) is 25.9 Å². The van der Waals surface area contributed by atoms with Crippen LogP contribution in [0.3, 0.4) is 0 Å². The SMILES string of the molecule is Cl.NCC1CCCN(C(=O)c2ccc3c(c2)OCO3)C1. The fourth-order valence-corrected chi connectivity index (χ4v) is 2.65. The number of nitrogens with two attached hydrogens (primary N) is 1. The van der Waals surface area contributed by atoms with Crippen LogP contribution < -0.4 is 15.2 Å². The van der Waals surface area contributed by atoms with Crippen molar-refractivity contribution in [2.24, 2.45) is 11.7 Å². The third-order valence-electron chi connectivity index (χ3n) is 3.76. The van der Waals surface area contributed by atoms with Gasteiger partial charge < -0.3 is 20.1 Å². The van der Waals surface area contributed by atoms with Crippen LogP contribution in [0.5, 0.6) is 11.5 Å². The Kier molecular flexibility index (Phi) is 4.73. The van der Waals surface area contributed by atoms with Crippen molar-refractivity contribution in [1.29, 1.82) is 0 Å². The third kappa shape index (κ3) is 2.83. The van der Waals surface area contributed by atoms with Gasteiger partial charge in [0.1, 0.15) is 0 Å². The van der Waals surface area contributed by atoms with Crippen molar-refractivity contribution in [2.75, 3.05) is 26.4 Å². The van der Waals surface area contributed by atoms with E-state index in [0.29, 0.717) is 29.5 Å². The van der Waals surface area contributed by atoms with Gasteiger partial charge in [0.25, 0.3) is 5.91 Å². The molecule has 1 atom stereocenters. The molecule has 2 N–H and O–H groups in total. The molecule has 0 spiro atoms. The van der Waals surface area contributed by atoms with Gasteiger partial charge in [0, 0.05) is 18.7 Å². The van der Waals surface area contributed by atoms with Crippen LogP contribution in [0, 0.1) is 5.92 Å². The van der Waals surface area contributed by atoms with Gasteiger partial charge in [-0.15, -0.1) is 12.4 Å². The van der Waals surface area contributed by atoms with Crippen molar-refractivity contribution in [1.82, 2.24) is 4.90 Å². The highest BCUT2D eigenvalue weighted by molar-refractivity contribution is 5.95. The van der Waals surface area contributed by atoms with Gasteiger partial charge in [-0.2, -0.15) is 0 Å². The molecular weight excluding hydrogens is 280 g/mol. The number of rotatable bonds is 2. The molecule has 0 radical (unpaired) electrons. The summed E-state index contributed by atoms with van der Waals surface area (Å²) in [5, 5.41) is 0. The number of halogens is 1. The molecule has 0 aliphatic carbocycles. The van der Waals surface area contributed by atoms with Crippen molar-refractivity contribution in [3.63, 3.8) is 0 Å². The van der Waals surface area contributed by atoms with Crippen LogP contribution in [0.2, 0.25) is 0 Å². The van der Waals surface area contributed by atoms with E-state index >= 15 is 0 Å². The minimum Gasteiger partial charge on any atom is -0.454 e. The highest BCUT2D eigenvalue weighted by atomic mass is 35.5. The van der Waals surface area contributed by atoms with Crippen molar-refractivity contribution in [3.05, 3.63) is 23.8 Å². The minimum absolute atomic E-state index is 0.